The van der Waals surface area contributed by atoms with Crippen LogP contribution >= 0.6 is 0 Å². The van der Waals surface area contributed by atoms with Crippen molar-refractivity contribution >= 4 is 17.9 Å². The molecule has 0 fully saturated rings. The molecule has 0 rings (SSSR count). The van der Waals surface area contributed by atoms with Gasteiger partial charge in [0.2, 0.25) is 0 Å². The van der Waals surface area contributed by atoms with Crippen LogP contribution in [0.25, 0.3) is 0 Å². The zero-order valence-electron chi connectivity index (χ0n) is 31.8. The number of allylic oxidation sites excluding steroid dienone is 4. The molecule has 0 aliphatic heterocycles. The van der Waals surface area contributed by atoms with Gasteiger partial charge in [0.05, 0.1) is 0 Å². The SMILES string of the molecule is CCCC/C=C\C/C=C\CCCCCCCC(=O)OCC(COC(=O)CCCCCCCC)OC(=O)CCCCCCCCCCCC. The van der Waals surface area contributed by atoms with Crippen molar-refractivity contribution < 1.29 is 28.6 Å². The molecule has 6 heteroatoms. The Morgan fingerprint density at radius 1 is 0.417 bits per heavy atom. The van der Waals surface area contributed by atoms with Crippen LogP contribution in [-0.4, -0.2) is 37.2 Å². The molecule has 0 aromatic heterocycles. The minimum absolute atomic E-state index is 0.0741. The Hall–Kier alpha value is -2.11. The Kier molecular flexibility index (Phi) is 36.0. The monoisotopic (exact) mass is 677 g/mol. The smallest absolute Gasteiger partial charge is 0.306 e. The molecular weight excluding hydrogens is 600 g/mol. The van der Waals surface area contributed by atoms with Crippen LogP contribution in [-0.2, 0) is 28.6 Å². The predicted molar refractivity (Wildman–Crippen MR) is 201 cm³/mol. The summed E-state index contributed by atoms with van der Waals surface area (Å²) in [6.07, 6.45) is 38.9. The second-order valence-electron chi connectivity index (χ2n) is 13.6. The maximum atomic E-state index is 12.6. The zero-order valence-corrected chi connectivity index (χ0v) is 31.8. The molecule has 1 atom stereocenters. The number of unbranched alkanes of at least 4 members (excludes halogenated alkanes) is 21. The van der Waals surface area contributed by atoms with E-state index in [2.05, 4.69) is 45.1 Å². The average molecular weight is 677 g/mol. The molecular formula is C42H76O6. The summed E-state index contributed by atoms with van der Waals surface area (Å²) in [5.41, 5.74) is 0. The van der Waals surface area contributed by atoms with Gasteiger partial charge in [0.15, 0.2) is 6.10 Å². The lowest BCUT2D eigenvalue weighted by Gasteiger charge is -2.18. The van der Waals surface area contributed by atoms with E-state index in [0.717, 1.165) is 77.0 Å². The number of ether oxygens (including phenoxy) is 3. The lowest BCUT2D eigenvalue weighted by molar-refractivity contribution is -0.167. The summed E-state index contributed by atoms with van der Waals surface area (Å²) in [5.74, 6) is -0.901. The van der Waals surface area contributed by atoms with E-state index in [0.29, 0.717) is 19.3 Å². The molecule has 0 aromatic rings. The van der Waals surface area contributed by atoms with Crippen molar-refractivity contribution in [2.75, 3.05) is 13.2 Å². The van der Waals surface area contributed by atoms with Crippen molar-refractivity contribution in [3.63, 3.8) is 0 Å². The summed E-state index contributed by atoms with van der Waals surface area (Å²) < 4.78 is 16.5. The van der Waals surface area contributed by atoms with E-state index in [4.69, 9.17) is 14.2 Å². The number of carbonyl (C=O) groups excluding carboxylic acids is 3. The highest BCUT2D eigenvalue weighted by molar-refractivity contribution is 5.71. The van der Waals surface area contributed by atoms with Crippen LogP contribution < -0.4 is 0 Å². The van der Waals surface area contributed by atoms with Gasteiger partial charge in [-0.2, -0.15) is 0 Å². The van der Waals surface area contributed by atoms with Crippen molar-refractivity contribution in [3.8, 4) is 0 Å². The first-order valence-electron chi connectivity index (χ1n) is 20.3. The van der Waals surface area contributed by atoms with Gasteiger partial charge in [-0.15, -0.1) is 0 Å². The molecule has 0 heterocycles. The fraction of sp³-hybridized carbons (Fsp3) is 0.833. The Balaban J connectivity index is 4.31. The highest BCUT2D eigenvalue weighted by Gasteiger charge is 2.19. The molecule has 0 saturated heterocycles. The molecule has 0 saturated carbocycles. The maximum absolute atomic E-state index is 12.6. The summed E-state index contributed by atoms with van der Waals surface area (Å²) in [6, 6.07) is 0. The average Bonchev–Trinajstić information content (AvgIpc) is 3.08. The minimum Gasteiger partial charge on any atom is -0.462 e. The highest BCUT2D eigenvalue weighted by Crippen LogP contribution is 2.13. The molecule has 280 valence electrons. The van der Waals surface area contributed by atoms with E-state index in [9.17, 15) is 14.4 Å². The highest BCUT2D eigenvalue weighted by atomic mass is 16.6. The van der Waals surface area contributed by atoms with Crippen LogP contribution in [0, 0.1) is 0 Å². The summed E-state index contributed by atoms with van der Waals surface area (Å²) in [7, 11) is 0. The van der Waals surface area contributed by atoms with Gasteiger partial charge in [-0.05, 0) is 44.9 Å². The molecule has 0 spiro atoms. The van der Waals surface area contributed by atoms with Gasteiger partial charge >= 0.3 is 17.9 Å². The van der Waals surface area contributed by atoms with Crippen LogP contribution in [0.4, 0.5) is 0 Å². The third-order valence-electron chi connectivity index (χ3n) is 8.71. The van der Waals surface area contributed by atoms with E-state index in [1.807, 2.05) is 0 Å². The normalized spacial score (nSPS) is 12.1. The van der Waals surface area contributed by atoms with Crippen molar-refractivity contribution in [2.45, 2.75) is 213 Å². The Morgan fingerprint density at radius 3 is 1.21 bits per heavy atom. The van der Waals surface area contributed by atoms with Crippen molar-refractivity contribution in [1.29, 1.82) is 0 Å². The third kappa shape index (κ3) is 35.2. The van der Waals surface area contributed by atoms with Gasteiger partial charge in [-0.25, -0.2) is 0 Å². The first-order chi connectivity index (χ1) is 23.5. The van der Waals surface area contributed by atoms with Gasteiger partial charge in [0.1, 0.15) is 13.2 Å². The van der Waals surface area contributed by atoms with E-state index < -0.39 is 6.10 Å². The first-order valence-corrected chi connectivity index (χ1v) is 20.3. The second-order valence-corrected chi connectivity index (χ2v) is 13.6. The summed E-state index contributed by atoms with van der Waals surface area (Å²) in [4.78, 5) is 37.3. The Bertz CT molecular complexity index is 789. The van der Waals surface area contributed by atoms with Crippen molar-refractivity contribution in [1.82, 2.24) is 0 Å². The van der Waals surface area contributed by atoms with Crippen LogP contribution in [0.5, 0.6) is 0 Å². The molecule has 48 heavy (non-hydrogen) atoms. The van der Waals surface area contributed by atoms with Crippen LogP contribution in [0.15, 0.2) is 24.3 Å². The van der Waals surface area contributed by atoms with Crippen LogP contribution in [0.3, 0.4) is 0 Å². The zero-order chi connectivity index (χ0) is 35.2. The lowest BCUT2D eigenvalue weighted by atomic mass is 10.1. The molecule has 0 N–H and O–H groups in total. The van der Waals surface area contributed by atoms with Crippen LogP contribution in [0.2, 0.25) is 0 Å². The molecule has 6 nitrogen and oxygen atoms in total. The number of rotatable bonds is 36. The Labute approximate surface area is 296 Å². The molecule has 0 bridgehead atoms. The lowest BCUT2D eigenvalue weighted by Crippen LogP contribution is -2.30. The van der Waals surface area contributed by atoms with Crippen molar-refractivity contribution in [2.24, 2.45) is 0 Å². The van der Waals surface area contributed by atoms with Crippen LogP contribution in [0.1, 0.15) is 207 Å². The largest absolute Gasteiger partial charge is 0.462 e. The summed E-state index contributed by atoms with van der Waals surface area (Å²) in [5, 5.41) is 0. The topological polar surface area (TPSA) is 78.9 Å². The quantitative estimate of drug-likeness (QED) is 0.0284. The van der Waals surface area contributed by atoms with Gasteiger partial charge in [-0.3, -0.25) is 14.4 Å². The van der Waals surface area contributed by atoms with Gasteiger partial charge < -0.3 is 14.2 Å². The fourth-order valence-corrected chi connectivity index (χ4v) is 5.57. The van der Waals surface area contributed by atoms with Gasteiger partial charge in [-0.1, -0.05) is 167 Å². The van der Waals surface area contributed by atoms with E-state index in [1.165, 1.54) is 89.9 Å². The molecule has 0 aliphatic carbocycles. The van der Waals surface area contributed by atoms with E-state index >= 15 is 0 Å². The van der Waals surface area contributed by atoms with Gasteiger partial charge in [0, 0.05) is 19.3 Å². The fourth-order valence-electron chi connectivity index (χ4n) is 5.57. The number of esters is 3. The number of hydrogen-bond donors (Lipinski definition) is 0. The maximum Gasteiger partial charge on any atom is 0.306 e. The van der Waals surface area contributed by atoms with E-state index in [1.54, 1.807) is 0 Å². The second kappa shape index (κ2) is 37.7. The minimum atomic E-state index is -0.766. The molecule has 1 unspecified atom stereocenters. The van der Waals surface area contributed by atoms with Gasteiger partial charge in [0.25, 0.3) is 0 Å². The predicted octanol–water partition coefficient (Wildman–Crippen LogP) is 12.5. The number of hydrogen-bond acceptors (Lipinski definition) is 6. The standard InChI is InChI=1S/C42H76O6/c1-4-7-10-13-16-18-20-21-22-23-25-26-29-32-35-41(44)47-38-39(37-46-40(43)34-31-28-15-12-9-6-3)48-42(45)36-33-30-27-24-19-17-14-11-8-5-2/h13,16,20-21,39H,4-12,14-15,17-19,22-38H2,1-3H3/b16-13-,21-20-. The summed E-state index contributed by atoms with van der Waals surface area (Å²) >= 11 is 0. The molecule has 0 amide bonds. The number of carbonyl (C=O) groups is 3. The molecule has 0 aliphatic rings. The molecule has 0 radical (unpaired) electrons. The van der Waals surface area contributed by atoms with Crippen molar-refractivity contribution in [3.05, 3.63) is 24.3 Å². The third-order valence-corrected chi connectivity index (χ3v) is 8.71. The van der Waals surface area contributed by atoms with E-state index in [-0.39, 0.29) is 31.1 Å². The first kappa shape index (κ1) is 45.9. The molecule has 0 aromatic carbocycles. The summed E-state index contributed by atoms with van der Waals surface area (Å²) in [6.45, 7) is 6.49. The Morgan fingerprint density at radius 2 is 0.771 bits per heavy atom.